The van der Waals surface area contributed by atoms with Crippen molar-refractivity contribution in [3.8, 4) is 0 Å². The molecule has 2 unspecified atom stereocenters. The van der Waals surface area contributed by atoms with Gasteiger partial charge in [0.25, 0.3) is 0 Å². The summed E-state index contributed by atoms with van der Waals surface area (Å²) in [6.07, 6.45) is 1.62. The van der Waals surface area contributed by atoms with Crippen LogP contribution in [0.3, 0.4) is 0 Å². The summed E-state index contributed by atoms with van der Waals surface area (Å²) in [7, 11) is 1.51. The molecule has 0 spiro atoms. The predicted octanol–water partition coefficient (Wildman–Crippen LogP) is 0.215. The summed E-state index contributed by atoms with van der Waals surface area (Å²) >= 11 is 1.53. The Morgan fingerprint density at radius 2 is 2.06 bits per heavy atom. The topological polar surface area (TPSA) is 89.9 Å². The Bertz CT molecular complexity index is 261. The highest BCUT2D eigenvalue weighted by atomic mass is 32.2. The van der Waals surface area contributed by atoms with Crippen molar-refractivity contribution in [1.29, 1.82) is 0 Å². The minimum atomic E-state index is -1.04. The van der Waals surface area contributed by atoms with E-state index in [2.05, 4.69) is 5.32 Å². The zero-order valence-corrected chi connectivity index (χ0v) is 11.2. The van der Waals surface area contributed by atoms with E-state index in [0.717, 1.165) is 0 Å². The fourth-order valence-corrected chi connectivity index (χ4v) is 1.70. The van der Waals surface area contributed by atoms with Crippen LogP contribution in [0, 0.1) is 0 Å². The summed E-state index contributed by atoms with van der Waals surface area (Å²) in [6, 6.07) is -1.37. The Morgan fingerprint density at radius 1 is 1.47 bits per heavy atom. The van der Waals surface area contributed by atoms with Crippen molar-refractivity contribution >= 4 is 23.8 Å². The summed E-state index contributed by atoms with van der Waals surface area (Å²) in [5, 5.41) is 20.5. The van der Waals surface area contributed by atoms with Crippen molar-refractivity contribution in [3.63, 3.8) is 0 Å². The van der Waals surface area contributed by atoms with Crippen LogP contribution in [0.25, 0.3) is 0 Å². The lowest BCUT2D eigenvalue weighted by molar-refractivity contribution is -0.139. The van der Waals surface area contributed by atoms with E-state index < -0.39 is 24.1 Å². The maximum absolute atomic E-state index is 11.6. The fourth-order valence-electron chi connectivity index (χ4n) is 1.23. The van der Waals surface area contributed by atoms with Gasteiger partial charge in [0.1, 0.15) is 6.04 Å². The molecule has 17 heavy (non-hydrogen) atoms. The van der Waals surface area contributed by atoms with Crippen LogP contribution in [0.2, 0.25) is 0 Å². The average molecular weight is 264 g/mol. The van der Waals surface area contributed by atoms with E-state index in [4.69, 9.17) is 10.2 Å². The first-order chi connectivity index (χ1) is 7.88. The second kappa shape index (κ2) is 8.19. The molecule has 6 nitrogen and oxygen atoms in total. The van der Waals surface area contributed by atoms with Crippen LogP contribution in [0.1, 0.15) is 13.3 Å². The third kappa shape index (κ3) is 7.06. The molecule has 2 atom stereocenters. The van der Waals surface area contributed by atoms with Gasteiger partial charge in [-0.1, -0.05) is 0 Å². The minimum Gasteiger partial charge on any atom is -0.480 e. The molecule has 0 fully saturated rings. The van der Waals surface area contributed by atoms with Gasteiger partial charge in [-0.05, 0) is 25.4 Å². The number of amides is 2. The molecule has 0 radical (unpaired) electrons. The van der Waals surface area contributed by atoms with E-state index >= 15 is 0 Å². The Balaban J connectivity index is 4.24. The number of aliphatic carboxylic acids is 1. The molecule has 7 heteroatoms. The normalized spacial score (nSPS) is 13.9. The number of carbonyl (C=O) groups excluding carboxylic acids is 1. The third-order valence-corrected chi connectivity index (χ3v) is 2.74. The molecule has 0 heterocycles. The molecule has 0 aromatic heterocycles. The van der Waals surface area contributed by atoms with Gasteiger partial charge in [-0.2, -0.15) is 11.8 Å². The molecule has 0 aliphatic heterocycles. The van der Waals surface area contributed by atoms with Crippen LogP contribution in [0.5, 0.6) is 0 Å². The summed E-state index contributed by atoms with van der Waals surface area (Å²) in [4.78, 5) is 23.7. The number of hydrogen-bond acceptors (Lipinski definition) is 4. The molecule has 0 aliphatic carbocycles. The Hall–Kier alpha value is -0.950. The molecule has 0 saturated heterocycles. The van der Waals surface area contributed by atoms with E-state index in [9.17, 15) is 9.59 Å². The lowest BCUT2D eigenvalue weighted by Gasteiger charge is -2.22. The maximum atomic E-state index is 11.6. The van der Waals surface area contributed by atoms with Crippen LogP contribution >= 0.6 is 11.8 Å². The molecule has 0 saturated carbocycles. The second-order valence-corrected chi connectivity index (χ2v) is 4.84. The largest absolute Gasteiger partial charge is 0.480 e. The number of urea groups is 1. The first-order valence-electron chi connectivity index (χ1n) is 5.30. The number of thioether (sulfide) groups is 1. The van der Waals surface area contributed by atoms with Gasteiger partial charge in [0, 0.05) is 13.6 Å². The molecule has 0 aliphatic rings. The highest BCUT2D eigenvalue weighted by molar-refractivity contribution is 7.98. The summed E-state index contributed by atoms with van der Waals surface area (Å²) < 4.78 is 0. The molecule has 3 N–H and O–H groups in total. The van der Waals surface area contributed by atoms with E-state index in [1.54, 1.807) is 6.92 Å². The van der Waals surface area contributed by atoms with Crippen molar-refractivity contribution in [1.82, 2.24) is 10.2 Å². The van der Waals surface area contributed by atoms with Crippen LogP contribution in [-0.4, -0.2) is 64.9 Å². The molecule has 0 bridgehead atoms. The van der Waals surface area contributed by atoms with Crippen molar-refractivity contribution in [3.05, 3.63) is 0 Å². The monoisotopic (exact) mass is 264 g/mol. The Labute approximate surface area is 105 Å². The zero-order valence-electron chi connectivity index (χ0n) is 10.3. The highest BCUT2D eigenvalue weighted by Crippen LogP contribution is 2.02. The second-order valence-electron chi connectivity index (χ2n) is 3.85. The van der Waals surface area contributed by atoms with Crippen molar-refractivity contribution in [2.24, 2.45) is 0 Å². The molecule has 0 rings (SSSR count). The molecular formula is C10H20N2O4S. The number of aliphatic hydroxyl groups is 1. The number of carboxylic acid groups (broad SMARTS) is 1. The van der Waals surface area contributed by atoms with Gasteiger partial charge in [0.15, 0.2) is 0 Å². The first kappa shape index (κ1) is 16.1. The van der Waals surface area contributed by atoms with Gasteiger partial charge < -0.3 is 20.4 Å². The average Bonchev–Trinajstić information content (AvgIpc) is 2.22. The van der Waals surface area contributed by atoms with Gasteiger partial charge in [0.05, 0.1) is 6.10 Å². The first-order valence-corrected chi connectivity index (χ1v) is 6.69. The predicted molar refractivity (Wildman–Crippen MR) is 67.3 cm³/mol. The Kier molecular flexibility index (Phi) is 7.73. The fraction of sp³-hybridized carbons (Fsp3) is 0.800. The summed E-state index contributed by atoms with van der Waals surface area (Å²) in [6.45, 7) is 1.73. The number of nitrogens with zero attached hydrogens (tertiary/aromatic N) is 1. The standard InChI is InChI=1S/C10H20N2O4S/c1-7(13)6-12(2)10(16)11-8(9(14)15)4-5-17-3/h7-8,13H,4-6H2,1-3H3,(H,11,16)(H,14,15). The molecule has 0 aromatic rings. The van der Waals surface area contributed by atoms with E-state index in [-0.39, 0.29) is 6.54 Å². The minimum absolute atomic E-state index is 0.167. The summed E-state index contributed by atoms with van der Waals surface area (Å²) in [5.74, 6) is -0.380. The summed E-state index contributed by atoms with van der Waals surface area (Å²) in [5.41, 5.74) is 0. The zero-order chi connectivity index (χ0) is 13.4. The van der Waals surface area contributed by atoms with Crippen LogP contribution in [0.4, 0.5) is 4.79 Å². The Morgan fingerprint density at radius 3 is 2.47 bits per heavy atom. The number of carbonyl (C=O) groups is 2. The van der Waals surface area contributed by atoms with Gasteiger partial charge in [0.2, 0.25) is 0 Å². The molecular weight excluding hydrogens is 244 g/mol. The number of hydrogen-bond donors (Lipinski definition) is 3. The smallest absolute Gasteiger partial charge is 0.326 e. The number of likely N-dealkylation sites (N-methyl/N-ethyl adjacent to an activating group) is 1. The van der Waals surface area contributed by atoms with E-state index in [1.807, 2.05) is 6.26 Å². The lowest BCUT2D eigenvalue weighted by Crippen LogP contribution is -2.48. The van der Waals surface area contributed by atoms with Crippen molar-refractivity contribution in [2.75, 3.05) is 25.6 Å². The van der Waals surface area contributed by atoms with Crippen molar-refractivity contribution in [2.45, 2.75) is 25.5 Å². The molecule has 2 amide bonds. The molecule has 100 valence electrons. The van der Waals surface area contributed by atoms with Gasteiger partial charge in [-0.3, -0.25) is 0 Å². The lowest BCUT2D eigenvalue weighted by atomic mass is 10.2. The SMILES string of the molecule is CSCCC(NC(=O)N(C)CC(C)O)C(=O)O. The maximum Gasteiger partial charge on any atom is 0.326 e. The van der Waals surface area contributed by atoms with Crippen LogP contribution < -0.4 is 5.32 Å². The quantitative estimate of drug-likeness (QED) is 0.612. The van der Waals surface area contributed by atoms with Crippen LogP contribution in [-0.2, 0) is 4.79 Å². The number of nitrogens with one attached hydrogen (secondary N) is 1. The van der Waals surface area contributed by atoms with Crippen LogP contribution in [0.15, 0.2) is 0 Å². The van der Waals surface area contributed by atoms with E-state index in [0.29, 0.717) is 12.2 Å². The highest BCUT2D eigenvalue weighted by Gasteiger charge is 2.21. The van der Waals surface area contributed by atoms with Gasteiger partial charge >= 0.3 is 12.0 Å². The number of aliphatic hydroxyl groups excluding tert-OH is 1. The van der Waals surface area contributed by atoms with Crippen molar-refractivity contribution < 1.29 is 19.8 Å². The number of carboxylic acids is 1. The third-order valence-electron chi connectivity index (χ3n) is 2.09. The molecule has 0 aromatic carbocycles. The van der Waals surface area contributed by atoms with E-state index in [1.165, 1.54) is 23.7 Å². The van der Waals surface area contributed by atoms with Gasteiger partial charge in [-0.25, -0.2) is 9.59 Å². The number of rotatable bonds is 7. The van der Waals surface area contributed by atoms with Gasteiger partial charge in [-0.15, -0.1) is 0 Å².